The molecule has 1 aromatic heterocycles. The van der Waals surface area contributed by atoms with Crippen molar-refractivity contribution in [1.82, 2.24) is 9.97 Å². The lowest BCUT2D eigenvalue weighted by atomic mass is 10.1. The minimum atomic E-state index is 0.470. The van der Waals surface area contributed by atoms with E-state index in [1.807, 2.05) is 6.92 Å². The fraction of sp³-hybridized carbons (Fsp3) is 0.231. The number of aromatic nitrogens is 2. The Kier molecular flexibility index (Phi) is 3.88. The van der Waals surface area contributed by atoms with E-state index in [2.05, 4.69) is 57.2 Å². The van der Waals surface area contributed by atoms with Gasteiger partial charge in [0.1, 0.15) is 17.3 Å². The number of hydrogen-bond acceptors (Lipinski definition) is 3. The van der Waals surface area contributed by atoms with E-state index in [1.54, 1.807) is 0 Å². The summed E-state index contributed by atoms with van der Waals surface area (Å²) in [6.07, 6.45) is 1.45. The highest BCUT2D eigenvalue weighted by Gasteiger charge is 2.07. The quantitative estimate of drug-likeness (QED) is 0.822. The predicted molar refractivity (Wildman–Crippen MR) is 78.7 cm³/mol. The van der Waals surface area contributed by atoms with Crippen LogP contribution in [0.15, 0.2) is 22.9 Å². The number of rotatable bonds is 2. The molecule has 0 unspecified atom stereocenters. The summed E-state index contributed by atoms with van der Waals surface area (Å²) >= 11 is 9.52. The van der Waals surface area contributed by atoms with Crippen molar-refractivity contribution in [2.45, 2.75) is 20.8 Å². The molecule has 2 aromatic rings. The van der Waals surface area contributed by atoms with Crippen molar-refractivity contribution in [3.8, 4) is 0 Å². The van der Waals surface area contributed by atoms with E-state index in [4.69, 9.17) is 11.6 Å². The number of nitrogens with one attached hydrogen (secondary N) is 1. The maximum atomic E-state index is 5.97. The lowest BCUT2D eigenvalue weighted by Crippen LogP contribution is -1.99. The molecule has 0 radical (unpaired) electrons. The molecular weight excluding hydrogens is 314 g/mol. The number of halogens is 2. The molecule has 0 saturated heterocycles. The van der Waals surface area contributed by atoms with Gasteiger partial charge in [-0.15, -0.1) is 0 Å². The molecule has 0 fully saturated rings. The SMILES string of the molecule is Cc1cc(Nc2ncnc(Cl)c2C)cc(C)c1Br. The Morgan fingerprint density at radius 3 is 2.33 bits per heavy atom. The average Bonchev–Trinajstić information content (AvgIpc) is 2.32. The van der Waals surface area contributed by atoms with Crippen molar-refractivity contribution >= 4 is 39.0 Å². The molecule has 2 rings (SSSR count). The molecule has 0 amide bonds. The maximum absolute atomic E-state index is 5.97. The molecule has 0 aliphatic carbocycles. The van der Waals surface area contributed by atoms with Gasteiger partial charge in [0, 0.05) is 15.7 Å². The van der Waals surface area contributed by atoms with Crippen LogP contribution in [-0.4, -0.2) is 9.97 Å². The normalized spacial score (nSPS) is 10.5. The van der Waals surface area contributed by atoms with Gasteiger partial charge in [0.05, 0.1) is 0 Å². The summed E-state index contributed by atoms with van der Waals surface area (Å²) in [6, 6.07) is 4.12. The van der Waals surface area contributed by atoms with Gasteiger partial charge in [-0.05, 0) is 44.0 Å². The van der Waals surface area contributed by atoms with Crippen LogP contribution in [0.4, 0.5) is 11.5 Å². The molecule has 0 spiro atoms. The van der Waals surface area contributed by atoms with E-state index in [-0.39, 0.29) is 0 Å². The van der Waals surface area contributed by atoms with Crippen LogP contribution < -0.4 is 5.32 Å². The third-order valence-corrected chi connectivity index (χ3v) is 4.35. The Labute approximate surface area is 120 Å². The Hall–Kier alpha value is -1.13. The van der Waals surface area contributed by atoms with Gasteiger partial charge in [-0.3, -0.25) is 0 Å². The molecule has 1 heterocycles. The summed E-state index contributed by atoms with van der Waals surface area (Å²) in [6.45, 7) is 6.01. The largest absolute Gasteiger partial charge is 0.340 e. The molecule has 94 valence electrons. The van der Waals surface area contributed by atoms with Gasteiger partial charge in [0.2, 0.25) is 0 Å². The highest BCUT2D eigenvalue weighted by Crippen LogP contribution is 2.28. The second-order valence-electron chi connectivity index (χ2n) is 4.19. The third-order valence-electron chi connectivity index (χ3n) is 2.72. The second kappa shape index (κ2) is 5.24. The zero-order valence-electron chi connectivity index (χ0n) is 10.4. The second-order valence-corrected chi connectivity index (χ2v) is 5.34. The first-order valence-corrected chi connectivity index (χ1v) is 6.67. The summed E-state index contributed by atoms with van der Waals surface area (Å²) < 4.78 is 1.13. The number of benzene rings is 1. The van der Waals surface area contributed by atoms with Crippen LogP contribution in [0.5, 0.6) is 0 Å². The predicted octanol–water partition coefficient (Wildman–Crippen LogP) is 4.56. The first-order valence-electron chi connectivity index (χ1n) is 5.50. The van der Waals surface area contributed by atoms with E-state index < -0.39 is 0 Å². The fourth-order valence-corrected chi connectivity index (χ4v) is 2.07. The zero-order valence-corrected chi connectivity index (χ0v) is 12.7. The summed E-state index contributed by atoms with van der Waals surface area (Å²) in [4.78, 5) is 8.13. The lowest BCUT2D eigenvalue weighted by molar-refractivity contribution is 1.13. The van der Waals surface area contributed by atoms with E-state index in [0.717, 1.165) is 21.5 Å². The van der Waals surface area contributed by atoms with Crippen LogP contribution in [0.3, 0.4) is 0 Å². The topological polar surface area (TPSA) is 37.8 Å². The van der Waals surface area contributed by atoms with Gasteiger partial charge < -0.3 is 5.32 Å². The standard InChI is InChI=1S/C13H13BrClN3/c1-7-4-10(5-8(2)11(7)14)18-13-9(3)12(15)16-6-17-13/h4-6H,1-3H3,(H,16,17,18). The van der Waals surface area contributed by atoms with Crippen molar-refractivity contribution in [2.75, 3.05) is 5.32 Å². The maximum Gasteiger partial charge on any atom is 0.138 e. The Bertz CT molecular complexity index is 576. The van der Waals surface area contributed by atoms with Gasteiger partial charge >= 0.3 is 0 Å². The summed E-state index contributed by atoms with van der Waals surface area (Å²) in [5.74, 6) is 0.733. The Morgan fingerprint density at radius 1 is 1.11 bits per heavy atom. The first-order chi connectivity index (χ1) is 8.49. The highest BCUT2D eigenvalue weighted by atomic mass is 79.9. The Balaban J connectivity index is 2.37. The van der Waals surface area contributed by atoms with E-state index in [9.17, 15) is 0 Å². The Morgan fingerprint density at radius 2 is 1.72 bits per heavy atom. The van der Waals surface area contributed by atoms with Crippen LogP contribution in [0.2, 0.25) is 5.15 Å². The van der Waals surface area contributed by atoms with Crippen molar-refractivity contribution in [2.24, 2.45) is 0 Å². The first kappa shape index (κ1) is 13.3. The van der Waals surface area contributed by atoms with Gasteiger partial charge in [0.25, 0.3) is 0 Å². The van der Waals surface area contributed by atoms with E-state index >= 15 is 0 Å². The summed E-state index contributed by atoms with van der Waals surface area (Å²) in [5.41, 5.74) is 4.19. The van der Waals surface area contributed by atoms with Crippen LogP contribution >= 0.6 is 27.5 Å². The van der Waals surface area contributed by atoms with Crippen LogP contribution in [-0.2, 0) is 0 Å². The highest BCUT2D eigenvalue weighted by molar-refractivity contribution is 9.10. The minimum Gasteiger partial charge on any atom is -0.340 e. The molecule has 0 aliphatic rings. The molecule has 0 atom stereocenters. The molecule has 0 aliphatic heterocycles. The van der Waals surface area contributed by atoms with Gasteiger partial charge in [0.15, 0.2) is 0 Å². The fourth-order valence-electron chi connectivity index (χ4n) is 1.71. The van der Waals surface area contributed by atoms with Crippen LogP contribution in [0.1, 0.15) is 16.7 Å². The van der Waals surface area contributed by atoms with Crippen molar-refractivity contribution in [1.29, 1.82) is 0 Å². The van der Waals surface area contributed by atoms with Gasteiger partial charge in [-0.2, -0.15) is 0 Å². The number of aryl methyl sites for hydroxylation is 2. The van der Waals surface area contributed by atoms with Gasteiger partial charge in [-0.1, -0.05) is 27.5 Å². The van der Waals surface area contributed by atoms with E-state index in [1.165, 1.54) is 17.5 Å². The zero-order chi connectivity index (χ0) is 13.3. The monoisotopic (exact) mass is 325 g/mol. The molecule has 1 N–H and O–H groups in total. The number of anilines is 2. The number of nitrogens with zero attached hydrogens (tertiary/aromatic N) is 2. The average molecular weight is 327 g/mol. The molecule has 18 heavy (non-hydrogen) atoms. The molecule has 0 saturated carbocycles. The summed E-state index contributed by atoms with van der Waals surface area (Å²) in [7, 11) is 0. The van der Waals surface area contributed by atoms with Gasteiger partial charge in [-0.25, -0.2) is 9.97 Å². The molecule has 5 heteroatoms. The third kappa shape index (κ3) is 2.65. The van der Waals surface area contributed by atoms with Crippen LogP contribution in [0.25, 0.3) is 0 Å². The molecule has 0 bridgehead atoms. The van der Waals surface area contributed by atoms with Crippen molar-refractivity contribution < 1.29 is 0 Å². The van der Waals surface area contributed by atoms with Crippen molar-refractivity contribution in [3.05, 3.63) is 44.8 Å². The molecule has 3 nitrogen and oxygen atoms in total. The summed E-state index contributed by atoms with van der Waals surface area (Å²) in [5, 5.41) is 3.74. The lowest BCUT2D eigenvalue weighted by Gasteiger charge is -2.11. The van der Waals surface area contributed by atoms with Crippen LogP contribution in [0, 0.1) is 20.8 Å². The minimum absolute atomic E-state index is 0.470. The molecular formula is C13H13BrClN3. The number of hydrogen-bond donors (Lipinski definition) is 1. The van der Waals surface area contributed by atoms with Crippen molar-refractivity contribution in [3.63, 3.8) is 0 Å². The molecule has 1 aromatic carbocycles. The van der Waals surface area contributed by atoms with E-state index in [0.29, 0.717) is 5.15 Å². The smallest absolute Gasteiger partial charge is 0.138 e.